The quantitative estimate of drug-likeness (QED) is 0.859. The van der Waals surface area contributed by atoms with Gasteiger partial charge in [-0.1, -0.05) is 27.7 Å². The molecule has 122 valence electrons. The third-order valence-corrected chi connectivity index (χ3v) is 3.91. The van der Waals surface area contributed by atoms with Crippen LogP contribution in [0.25, 0.3) is 0 Å². The minimum Gasteiger partial charge on any atom is -0.341 e. The molecule has 1 saturated heterocycles. The predicted molar refractivity (Wildman–Crippen MR) is 89.8 cm³/mol. The molecule has 2 N–H and O–H groups in total. The summed E-state index contributed by atoms with van der Waals surface area (Å²) in [5.74, 6) is 0.718. The van der Waals surface area contributed by atoms with Crippen molar-refractivity contribution in [1.82, 2.24) is 9.80 Å². The summed E-state index contributed by atoms with van der Waals surface area (Å²) < 4.78 is 0. The summed E-state index contributed by atoms with van der Waals surface area (Å²) in [6.07, 6.45) is 1.10. The lowest BCUT2D eigenvalue weighted by Crippen LogP contribution is -2.49. The second kappa shape index (κ2) is 9.08. The van der Waals surface area contributed by atoms with E-state index in [4.69, 9.17) is 5.73 Å². The van der Waals surface area contributed by atoms with Gasteiger partial charge in [-0.15, -0.1) is 24.8 Å². The molecule has 0 spiro atoms. The highest BCUT2D eigenvalue weighted by atomic mass is 35.5. The van der Waals surface area contributed by atoms with Crippen LogP contribution in [-0.2, 0) is 4.79 Å². The number of rotatable bonds is 4. The van der Waals surface area contributed by atoms with Crippen LogP contribution in [-0.4, -0.2) is 55.0 Å². The Balaban J connectivity index is 0. The lowest BCUT2D eigenvalue weighted by molar-refractivity contribution is -0.134. The molecule has 1 unspecified atom stereocenters. The molecule has 4 nitrogen and oxygen atoms in total. The summed E-state index contributed by atoms with van der Waals surface area (Å²) in [5.41, 5.74) is 5.89. The zero-order valence-corrected chi connectivity index (χ0v) is 15.0. The van der Waals surface area contributed by atoms with E-state index in [-0.39, 0.29) is 42.2 Å². The molecule has 20 heavy (non-hydrogen) atoms. The molecular formula is C14H31Cl2N3O. The summed E-state index contributed by atoms with van der Waals surface area (Å²) >= 11 is 0. The molecule has 2 atom stereocenters. The van der Waals surface area contributed by atoms with Crippen molar-refractivity contribution in [2.24, 2.45) is 17.1 Å². The smallest absolute Gasteiger partial charge is 0.240 e. The van der Waals surface area contributed by atoms with Gasteiger partial charge in [0, 0.05) is 19.6 Å². The van der Waals surface area contributed by atoms with E-state index in [1.54, 1.807) is 0 Å². The molecule has 0 aliphatic carbocycles. The molecule has 1 amide bonds. The van der Waals surface area contributed by atoms with Gasteiger partial charge >= 0.3 is 0 Å². The second-order valence-corrected chi connectivity index (χ2v) is 6.64. The zero-order chi connectivity index (χ0) is 13.9. The third-order valence-electron chi connectivity index (χ3n) is 3.91. The topological polar surface area (TPSA) is 49.6 Å². The Morgan fingerprint density at radius 1 is 1.40 bits per heavy atom. The Hall–Kier alpha value is -0.0300. The molecule has 0 radical (unpaired) electrons. The average molecular weight is 328 g/mol. The molecule has 1 aliphatic heterocycles. The van der Waals surface area contributed by atoms with Crippen LogP contribution < -0.4 is 5.73 Å². The highest BCUT2D eigenvalue weighted by Gasteiger charge is 2.34. The molecule has 1 fully saturated rings. The number of nitrogens with zero attached hydrogens (tertiary/aromatic N) is 2. The summed E-state index contributed by atoms with van der Waals surface area (Å²) in [6.45, 7) is 12.1. The van der Waals surface area contributed by atoms with Crippen molar-refractivity contribution in [3.8, 4) is 0 Å². The fourth-order valence-corrected chi connectivity index (χ4v) is 2.32. The minimum absolute atomic E-state index is 0. The first-order valence-corrected chi connectivity index (χ1v) is 6.98. The Morgan fingerprint density at radius 2 is 1.95 bits per heavy atom. The number of amides is 1. The van der Waals surface area contributed by atoms with Gasteiger partial charge in [0.2, 0.25) is 5.91 Å². The van der Waals surface area contributed by atoms with Gasteiger partial charge in [0.15, 0.2) is 0 Å². The molecule has 0 aromatic carbocycles. The van der Waals surface area contributed by atoms with E-state index in [1.807, 2.05) is 25.7 Å². The highest BCUT2D eigenvalue weighted by molar-refractivity contribution is 5.85. The molecule has 0 saturated carbocycles. The van der Waals surface area contributed by atoms with Crippen LogP contribution in [0, 0.1) is 11.3 Å². The maximum absolute atomic E-state index is 12.3. The molecule has 0 aromatic heterocycles. The van der Waals surface area contributed by atoms with Crippen LogP contribution >= 0.6 is 24.8 Å². The highest BCUT2D eigenvalue weighted by Crippen LogP contribution is 2.23. The van der Waals surface area contributed by atoms with E-state index in [1.165, 1.54) is 0 Å². The Morgan fingerprint density at radius 3 is 2.40 bits per heavy atom. The fraction of sp³-hybridized carbons (Fsp3) is 0.929. The number of carbonyl (C=O) groups excluding carboxylic acids is 1. The van der Waals surface area contributed by atoms with Gasteiger partial charge in [-0.3, -0.25) is 4.79 Å². The largest absolute Gasteiger partial charge is 0.341 e. The van der Waals surface area contributed by atoms with Gasteiger partial charge in [-0.25, -0.2) is 0 Å². The van der Waals surface area contributed by atoms with E-state index >= 15 is 0 Å². The van der Waals surface area contributed by atoms with Crippen molar-refractivity contribution in [3.05, 3.63) is 0 Å². The van der Waals surface area contributed by atoms with Gasteiger partial charge in [0.25, 0.3) is 0 Å². The van der Waals surface area contributed by atoms with E-state index in [0.29, 0.717) is 5.92 Å². The van der Waals surface area contributed by atoms with Gasteiger partial charge in [-0.2, -0.15) is 0 Å². The molecule has 0 aromatic rings. The summed E-state index contributed by atoms with van der Waals surface area (Å²) in [7, 11) is 2.13. The number of likely N-dealkylation sites (tertiary alicyclic amines) is 1. The maximum Gasteiger partial charge on any atom is 0.240 e. The predicted octanol–water partition coefficient (Wildman–Crippen LogP) is 2.00. The van der Waals surface area contributed by atoms with Crippen LogP contribution in [0.5, 0.6) is 0 Å². The van der Waals surface area contributed by atoms with Crippen molar-refractivity contribution >= 4 is 30.7 Å². The summed E-state index contributed by atoms with van der Waals surface area (Å²) in [5, 5.41) is 0. The average Bonchev–Trinajstić information content (AvgIpc) is 2.74. The monoisotopic (exact) mass is 327 g/mol. The minimum atomic E-state index is -0.389. The van der Waals surface area contributed by atoms with Crippen molar-refractivity contribution in [1.29, 1.82) is 0 Å². The SMILES string of the molecule is CCN(C)CC1CCN(C(=O)[C@@H](N)C(C)(C)C)C1.Cl.Cl. The van der Waals surface area contributed by atoms with E-state index in [2.05, 4.69) is 18.9 Å². The number of hydrogen-bond acceptors (Lipinski definition) is 3. The van der Waals surface area contributed by atoms with E-state index < -0.39 is 0 Å². The van der Waals surface area contributed by atoms with Crippen LogP contribution in [0.1, 0.15) is 34.1 Å². The molecular weight excluding hydrogens is 297 g/mol. The van der Waals surface area contributed by atoms with Crippen molar-refractivity contribution < 1.29 is 4.79 Å². The van der Waals surface area contributed by atoms with Crippen LogP contribution in [0.3, 0.4) is 0 Å². The molecule has 6 heteroatoms. The van der Waals surface area contributed by atoms with E-state index in [0.717, 1.165) is 32.6 Å². The molecule has 0 bridgehead atoms. The Labute approximate surface area is 136 Å². The Bertz CT molecular complexity index is 295. The van der Waals surface area contributed by atoms with Crippen molar-refractivity contribution in [2.45, 2.75) is 40.2 Å². The van der Waals surface area contributed by atoms with Gasteiger partial charge in [0.05, 0.1) is 6.04 Å². The lowest BCUT2D eigenvalue weighted by Gasteiger charge is -2.30. The second-order valence-electron chi connectivity index (χ2n) is 6.64. The first kappa shape index (κ1) is 22.3. The zero-order valence-electron chi connectivity index (χ0n) is 13.4. The number of hydrogen-bond donors (Lipinski definition) is 1. The normalized spacial score (nSPS) is 20.4. The summed E-state index contributed by atoms with van der Waals surface area (Å²) in [6, 6.07) is -0.389. The molecule has 1 aliphatic rings. The Kier molecular flexibility index (Phi) is 10.1. The van der Waals surface area contributed by atoms with Crippen molar-refractivity contribution in [3.63, 3.8) is 0 Å². The summed E-state index contributed by atoms with van der Waals surface area (Å²) in [4.78, 5) is 16.5. The standard InChI is InChI=1S/C14H29N3O.2ClH/c1-6-16(5)9-11-7-8-17(10-11)13(18)12(15)14(2,3)4;;/h11-12H,6-10,15H2,1-5H3;2*1H/t11?,12-;;/m1../s1. The number of nitrogens with two attached hydrogens (primary N) is 1. The van der Waals surface area contributed by atoms with Crippen molar-refractivity contribution in [2.75, 3.05) is 33.2 Å². The number of halogens is 2. The number of carbonyl (C=O) groups is 1. The van der Waals surface area contributed by atoms with Crippen LogP contribution in [0.4, 0.5) is 0 Å². The van der Waals surface area contributed by atoms with Gasteiger partial charge in [-0.05, 0) is 31.3 Å². The molecule has 1 heterocycles. The maximum atomic E-state index is 12.3. The fourth-order valence-electron chi connectivity index (χ4n) is 2.32. The van der Waals surface area contributed by atoms with E-state index in [9.17, 15) is 4.79 Å². The lowest BCUT2D eigenvalue weighted by atomic mass is 9.86. The molecule has 1 rings (SSSR count). The van der Waals surface area contributed by atoms with Gasteiger partial charge < -0.3 is 15.5 Å². The first-order chi connectivity index (χ1) is 8.25. The first-order valence-electron chi connectivity index (χ1n) is 6.98. The van der Waals surface area contributed by atoms with Gasteiger partial charge in [0.1, 0.15) is 0 Å². The van der Waals surface area contributed by atoms with Crippen LogP contribution in [0.15, 0.2) is 0 Å². The van der Waals surface area contributed by atoms with Crippen LogP contribution in [0.2, 0.25) is 0 Å². The third kappa shape index (κ3) is 6.17.